The van der Waals surface area contributed by atoms with E-state index >= 15 is 0 Å². The second kappa shape index (κ2) is 4.81. The van der Waals surface area contributed by atoms with E-state index in [4.69, 9.17) is 0 Å². The third-order valence-corrected chi connectivity index (χ3v) is 7.00. The number of hydrogen-bond donors (Lipinski definition) is 0. The highest BCUT2D eigenvalue weighted by atomic mass is 16.1. The highest BCUT2D eigenvalue weighted by Crippen LogP contribution is 2.42. The molecule has 2 spiro atoms. The summed E-state index contributed by atoms with van der Waals surface area (Å²) in [6, 6.07) is 1.63. The van der Waals surface area contributed by atoms with E-state index < -0.39 is 0 Å². The van der Waals surface area contributed by atoms with Crippen LogP contribution in [0.2, 0.25) is 0 Å². The maximum Gasteiger partial charge on any atom is 0.240 e. The molecule has 0 bridgehead atoms. The summed E-state index contributed by atoms with van der Waals surface area (Å²) in [6.07, 6.45) is 11.1. The Morgan fingerprint density at radius 1 is 0.650 bits per heavy atom. The molecule has 0 aromatic heterocycles. The summed E-state index contributed by atoms with van der Waals surface area (Å²) in [5, 5.41) is 0. The van der Waals surface area contributed by atoms with Crippen LogP contribution in [0.5, 0.6) is 0 Å². The zero-order chi connectivity index (χ0) is 13.6. The average molecular weight is 278 g/mol. The second-order valence-corrected chi connectivity index (χ2v) is 8.02. The number of carbonyl (C=O) groups excluding carboxylic acids is 1. The Labute approximate surface area is 123 Å². The summed E-state index contributed by atoms with van der Waals surface area (Å²) < 4.78 is 2.40. The highest BCUT2D eigenvalue weighted by molar-refractivity contribution is 5.81. The van der Waals surface area contributed by atoms with Crippen molar-refractivity contribution >= 4 is 5.78 Å². The average Bonchev–Trinajstić information content (AvgIpc) is 3.07. The van der Waals surface area contributed by atoms with Gasteiger partial charge >= 0.3 is 0 Å². The molecule has 20 heavy (non-hydrogen) atoms. The molecule has 0 aromatic rings. The first-order valence-corrected chi connectivity index (χ1v) is 8.97. The van der Waals surface area contributed by atoms with Crippen LogP contribution in [-0.2, 0) is 4.79 Å². The van der Waals surface area contributed by atoms with Gasteiger partial charge in [0.1, 0.15) is 25.2 Å². The molecular weight excluding hydrogens is 248 g/mol. The standard InChI is InChI=1S/C17H30N2O/c20-15-13-18(9-3-4-10-18)16-7-1-2-8-17(16)19(14-15)11-5-6-12-19/h16-17H,1-14H2/q+2/t16-,17-/m0/s1. The minimum absolute atomic E-state index is 0.586. The molecule has 3 nitrogen and oxygen atoms in total. The third kappa shape index (κ3) is 1.89. The van der Waals surface area contributed by atoms with Crippen LogP contribution in [0, 0.1) is 0 Å². The van der Waals surface area contributed by atoms with Crippen LogP contribution < -0.4 is 0 Å². The summed E-state index contributed by atoms with van der Waals surface area (Å²) in [7, 11) is 0. The van der Waals surface area contributed by atoms with Crippen molar-refractivity contribution in [1.82, 2.24) is 0 Å². The molecule has 0 amide bonds. The molecule has 0 N–H and O–H groups in total. The lowest BCUT2D eigenvalue weighted by Crippen LogP contribution is -2.65. The fourth-order valence-electron chi connectivity index (χ4n) is 6.27. The quantitative estimate of drug-likeness (QED) is 0.620. The largest absolute Gasteiger partial charge is 0.310 e. The zero-order valence-corrected chi connectivity index (χ0v) is 12.9. The third-order valence-electron chi connectivity index (χ3n) is 7.00. The molecule has 3 aliphatic heterocycles. The lowest BCUT2D eigenvalue weighted by molar-refractivity contribution is -0.990. The van der Waals surface area contributed by atoms with Gasteiger partial charge in [-0.15, -0.1) is 0 Å². The van der Waals surface area contributed by atoms with E-state index in [2.05, 4.69) is 0 Å². The van der Waals surface area contributed by atoms with Crippen LogP contribution in [-0.4, -0.2) is 66.1 Å². The molecule has 3 heteroatoms. The van der Waals surface area contributed by atoms with Gasteiger partial charge in [-0.2, -0.15) is 0 Å². The number of hydrogen-bond acceptors (Lipinski definition) is 1. The fourth-order valence-corrected chi connectivity index (χ4v) is 6.27. The summed E-state index contributed by atoms with van der Waals surface area (Å²) in [6.45, 7) is 6.95. The maximum atomic E-state index is 12.7. The van der Waals surface area contributed by atoms with Crippen LogP contribution in [0.3, 0.4) is 0 Å². The van der Waals surface area contributed by atoms with Crippen LogP contribution in [0.15, 0.2) is 0 Å². The van der Waals surface area contributed by atoms with Crippen LogP contribution in [0.25, 0.3) is 0 Å². The van der Waals surface area contributed by atoms with Gasteiger partial charge in [-0.3, -0.25) is 4.79 Å². The van der Waals surface area contributed by atoms with Crippen LogP contribution >= 0.6 is 0 Å². The molecule has 2 atom stereocenters. The van der Waals surface area contributed by atoms with Crippen molar-refractivity contribution in [1.29, 1.82) is 0 Å². The van der Waals surface area contributed by atoms with Crippen molar-refractivity contribution in [3.63, 3.8) is 0 Å². The van der Waals surface area contributed by atoms with Crippen molar-refractivity contribution in [2.45, 2.75) is 63.5 Å². The van der Waals surface area contributed by atoms with Gasteiger partial charge in [0.15, 0.2) is 0 Å². The Balaban J connectivity index is 1.74. The van der Waals surface area contributed by atoms with Crippen LogP contribution in [0.1, 0.15) is 51.4 Å². The molecule has 0 radical (unpaired) electrons. The van der Waals surface area contributed by atoms with Crippen molar-refractivity contribution in [2.24, 2.45) is 0 Å². The lowest BCUT2D eigenvalue weighted by atomic mass is 9.85. The SMILES string of the molecule is O=C1C[N+]2(CCCC2)[C@H]2CCCC[C@@H]2[N+]2(CCCC2)C1. The first-order valence-electron chi connectivity index (χ1n) is 8.97. The molecule has 4 aliphatic rings. The number of quaternary nitrogens is 2. The van der Waals surface area contributed by atoms with Gasteiger partial charge in [0.25, 0.3) is 0 Å². The Hall–Kier alpha value is -0.410. The Morgan fingerprint density at radius 2 is 1.05 bits per heavy atom. The number of Topliss-reactive ketones (excluding diaryl/α,β-unsaturated/α-hetero) is 1. The molecule has 4 rings (SSSR count). The molecule has 1 aliphatic carbocycles. The normalized spacial score (nSPS) is 39.1. The van der Waals surface area contributed by atoms with Gasteiger partial charge in [-0.05, 0) is 12.8 Å². The maximum absolute atomic E-state index is 12.7. The van der Waals surface area contributed by atoms with Gasteiger partial charge in [0.2, 0.25) is 5.78 Å². The minimum Gasteiger partial charge on any atom is -0.310 e. The molecule has 0 aromatic carbocycles. The summed E-state index contributed by atoms with van der Waals surface area (Å²) in [5.74, 6) is 0.586. The Bertz CT molecular complexity index is 358. The fraction of sp³-hybridized carbons (Fsp3) is 0.941. The van der Waals surface area contributed by atoms with Gasteiger partial charge in [0, 0.05) is 38.5 Å². The van der Waals surface area contributed by atoms with E-state index in [0.717, 1.165) is 25.2 Å². The van der Waals surface area contributed by atoms with E-state index in [9.17, 15) is 4.79 Å². The smallest absolute Gasteiger partial charge is 0.240 e. The van der Waals surface area contributed by atoms with Crippen molar-refractivity contribution in [3.8, 4) is 0 Å². The Kier molecular flexibility index (Phi) is 3.19. The van der Waals surface area contributed by atoms with Crippen molar-refractivity contribution < 1.29 is 13.8 Å². The van der Waals surface area contributed by atoms with E-state index in [-0.39, 0.29) is 0 Å². The number of ketones is 1. The van der Waals surface area contributed by atoms with Gasteiger partial charge in [-0.25, -0.2) is 0 Å². The molecule has 112 valence electrons. The zero-order valence-electron chi connectivity index (χ0n) is 12.9. The molecule has 3 heterocycles. The van der Waals surface area contributed by atoms with Gasteiger partial charge in [-0.1, -0.05) is 0 Å². The number of nitrogens with zero attached hydrogens (tertiary/aromatic N) is 2. The van der Waals surface area contributed by atoms with Crippen LogP contribution in [0.4, 0.5) is 0 Å². The Morgan fingerprint density at radius 3 is 1.45 bits per heavy atom. The molecule has 3 saturated heterocycles. The summed E-state index contributed by atoms with van der Waals surface area (Å²) >= 11 is 0. The van der Waals surface area contributed by atoms with Gasteiger partial charge in [0.05, 0.1) is 26.2 Å². The topological polar surface area (TPSA) is 17.1 Å². The van der Waals surface area contributed by atoms with E-state index in [1.54, 1.807) is 0 Å². The predicted octanol–water partition coefficient (Wildman–Crippen LogP) is 2.10. The predicted molar refractivity (Wildman–Crippen MR) is 79.2 cm³/mol. The first kappa shape index (κ1) is 13.3. The summed E-state index contributed by atoms with van der Waals surface area (Å²) in [5.41, 5.74) is 0. The summed E-state index contributed by atoms with van der Waals surface area (Å²) in [4.78, 5) is 12.7. The molecule has 1 saturated carbocycles. The van der Waals surface area contributed by atoms with Gasteiger partial charge < -0.3 is 8.97 Å². The van der Waals surface area contributed by atoms with Crippen molar-refractivity contribution in [3.05, 3.63) is 0 Å². The number of rotatable bonds is 0. The van der Waals surface area contributed by atoms with E-state index in [1.165, 1.54) is 86.5 Å². The second-order valence-electron chi connectivity index (χ2n) is 8.02. The lowest BCUT2D eigenvalue weighted by Gasteiger charge is -2.49. The first-order chi connectivity index (χ1) is 9.74. The monoisotopic (exact) mass is 278 g/mol. The van der Waals surface area contributed by atoms with E-state index in [1.807, 2.05) is 0 Å². The van der Waals surface area contributed by atoms with E-state index in [0.29, 0.717) is 5.78 Å². The van der Waals surface area contributed by atoms with Crippen molar-refractivity contribution in [2.75, 3.05) is 39.3 Å². The molecule has 0 unspecified atom stereocenters. The number of fused-ring (bicyclic) bond motifs is 3. The molecule has 4 fully saturated rings. The minimum atomic E-state index is 0.586. The molecular formula is C17H30N2O+2. The highest BCUT2D eigenvalue weighted by Gasteiger charge is 2.57. The number of carbonyl (C=O) groups is 1.